The second-order valence-corrected chi connectivity index (χ2v) is 10.3. The molecule has 0 aromatic carbocycles. The Balaban J connectivity index is 1.49. The van der Waals surface area contributed by atoms with E-state index < -0.39 is 11.5 Å². The van der Waals surface area contributed by atoms with Gasteiger partial charge in [0.15, 0.2) is 11.3 Å². The molecule has 4 aliphatic carbocycles. The summed E-state index contributed by atoms with van der Waals surface area (Å²) < 4.78 is 8.02. The summed E-state index contributed by atoms with van der Waals surface area (Å²) in [6.07, 6.45) is 8.97. The van der Waals surface area contributed by atoms with Crippen LogP contribution in [0.3, 0.4) is 0 Å². The fraction of sp³-hybridized carbons (Fsp3) is 0.667. The molecule has 2 N–H and O–H groups in total. The van der Waals surface area contributed by atoms with E-state index in [1.807, 2.05) is 6.92 Å². The Kier molecular flexibility index (Phi) is 5.45. The second kappa shape index (κ2) is 8.18. The highest BCUT2D eigenvalue weighted by Crippen LogP contribution is 2.55. The summed E-state index contributed by atoms with van der Waals surface area (Å²) in [5.41, 5.74) is -0.311. The first-order valence-electron chi connectivity index (χ1n) is 12.1. The molecule has 4 fully saturated rings. The van der Waals surface area contributed by atoms with Gasteiger partial charge in [0, 0.05) is 25.2 Å². The Morgan fingerprint density at radius 2 is 1.82 bits per heavy atom. The molecule has 9 heteroatoms. The average Bonchev–Trinajstić information content (AvgIpc) is 3.14. The average molecular weight is 457 g/mol. The fourth-order valence-corrected chi connectivity index (χ4v) is 6.86. The first-order valence-corrected chi connectivity index (χ1v) is 12.1. The SMILES string of the molecule is CCCn1c(=O)c(C(=O)NC23CC4CC(CC(C4)C2)C3)c(O)c2nn(CCOC(C)=O)cc21. The predicted molar refractivity (Wildman–Crippen MR) is 121 cm³/mol. The van der Waals surface area contributed by atoms with Gasteiger partial charge >= 0.3 is 5.97 Å². The molecule has 33 heavy (non-hydrogen) atoms. The van der Waals surface area contributed by atoms with Crippen molar-refractivity contribution in [2.75, 3.05) is 6.61 Å². The lowest BCUT2D eigenvalue weighted by molar-refractivity contribution is -0.141. The van der Waals surface area contributed by atoms with Crippen LogP contribution >= 0.6 is 0 Å². The first-order chi connectivity index (χ1) is 15.8. The number of carbonyl (C=O) groups is 2. The van der Waals surface area contributed by atoms with E-state index in [1.165, 1.54) is 35.4 Å². The molecule has 0 spiro atoms. The Bertz CT molecular complexity index is 1130. The molecular formula is C24H32N4O5. The van der Waals surface area contributed by atoms with Gasteiger partial charge in [-0.15, -0.1) is 0 Å². The van der Waals surface area contributed by atoms with Crippen LogP contribution in [0.1, 0.15) is 69.2 Å². The maximum atomic E-state index is 13.4. The maximum Gasteiger partial charge on any atom is 0.302 e. The highest BCUT2D eigenvalue weighted by Gasteiger charge is 2.51. The molecule has 2 heterocycles. The molecule has 0 atom stereocenters. The van der Waals surface area contributed by atoms with Crippen LogP contribution in [-0.4, -0.2) is 43.5 Å². The number of aryl methyl sites for hydroxylation is 1. The molecule has 6 rings (SSSR count). The van der Waals surface area contributed by atoms with Crippen LogP contribution < -0.4 is 10.9 Å². The minimum atomic E-state index is -0.499. The number of ether oxygens (including phenoxy) is 1. The van der Waals surface area contributed by atoms with Crippen molar-refractivity contribution in [3.8, 4) is 5.75 Å². The Morgan fingerprint density at radius 3 is 2.39 bits per heavy atom. The van der Waals surface area contributed by atoms with Gasteiger partial charge in [-0.2, -0.15) is 5.10 Å². The molecule has 0 unspecified atom stereocenters. The second-order valence-electron chi connectivity index (χ2n) is 10.3. The lowest BCUT2D eigenvalue weighted by Gasteiger charge is -2.56. The highest BCUT2D eigenvalue weighted by molar-refractivity contribution is 6.01. The summed E-state index contributed by atoms with van der Waals surface area (Å²) in [6, 6.07) is 0. The molecule has 2 aromatic heterocycles. The Morgan fingerprint density at radius 1 is 1.18 bits per heavy atom. The number of amides is 1. The van der Waals surface area contributed by atoms with Gasteiger partial charge in [0.1, 0.15) is 12.2 Å². The van der Waals surface area contributed by atoms with Crippen molar-refractivity contribution in [3.05, 3.63) is 22.1 Å². The minimum Gasteiger partial charge on any atom is -0.505 e. The topological polar surface area (TPSA) is 115 Å². The van der Waals surface area contributed by atoms with Crippen LogP contribution in [0.5, 0.6) is 5.75 Å². The van der Waals surface area contributed by atoms with E-state index in [0.717, 1.165) is 19.3 Å². The zero-order chi connectivity index (χ0) is 23.3. The normalized spacial score (nSPS) is 27.8. The molecule has 2 aromatic rings. The van der Waals surface area contributed by atoms with Crippen LogP contribution in [0.25, 0.3) is 11.0 Å². The summed E-state index contributed by atoms with van der Waals surface area (Å²) in [7, 11) is 0. The van der Waals surface area contributed by atoms with E-state index in [-0.39, 0.29) is 41.5 Å². The van der Waals surface area contributed by atoms with E-state index in [4.69, 9.17) is 4.74 Å². The van der Waals surface area contributed by atoms with E-state index in [0.29, 0.717) is 36.2 Å². The van der Waals surface area contributed by atoms with Gasteiger partial charge in [0.05, 0.1) is 12.1 Å². The van der Waals surface area contributed by atoms with E-state index in [9.17, 15) is 19.5 Å². The molecule has 0 saturated heterocycles. The molecule has 4 aliphatic rings. The molecule has 1 amide bonds. The summed E-state index contributed by atoms with van der Waals surface area (Å²) in [4.78, 5) is 37.9. The van der Waals surface area contributed by atoms with Crippen LogP contribution in [-0.2, 0) is 22.6 Å². The fourth-order valence-electron chi connectivity index (χ4n) is 6.86. The van der Waals surface area contributed by atoms with Gasteiger partial charge in [-0.05, 0) is 62.7 Å². The first kappa shape index (κ1) is 22.0. The van der Waals surface area contributed by atoms with Crippen molar-refractivity contribution >= 4 is 22.9 Å². The van der Waals surface area contributed by atoms with Gasteiger partial charge in [-0.1, -0.05) is 6.92 Å². The number of nitrogens with one attached hydrogen (secondary N) is 1. The zero-order valence-electron chi connectivity index (χ0n) is 19.3. The number of aromatic nitrogens is 3. The van der Waals surface area contributed by atoms with Gasteiger partial charge in [0.25, 0.3) is 11.5 Å². The molecule has 4 bridgehead atoms. The van der Waals surface area contributed by atoms with Crippen molar-refractivity contribution in [1.29, 1.82) is 0 Å². The smallest absolute Gasteiger partial charge is 0.302 e. The van der Waals surface area contributed by atoms with Crippen LogP contribution in [0.2, 0.25) is 0 Å². The molecule has 4 saturated carbocycles. The summed E-state index contributed by atoms with van der Waals surface area (Å²) in [5, 5.41) is 18.6. The third-order valence-corrected chi connectivity index (χ3v) is 7.67. The van der Waals surface area contributed by atoms with Gasteiger partial charge < -0.3 is 19.7 Å². The van der Waals surface area contributed by atoms with Crippen LogP contribution in [0.15, 0.2) is 11.0 Å². The number of hydrogen-bond donors (Lipinski definition) is 2. The third-order valence-electron chi connectivity index (χ3n) is 7.67. The van der Waals surface area contributed by atoms with Crippen molar-refractivity contribution < 1.29 is 19.4 Å². The summed E-state index contributed by atoms with van der Waals surface area (Å²) >= 11 is 0. The van der Waals surface area contributed by atoms with Crippen molar-refractivity contribution in [2.24, 2.45) is 17.8 Å². The van der Waals surface area contributed by atoms with E-state index >= 15 is 0 Å². The van der Waals surface area contributed by atoms with Crippen molar-refractivity contribution in [2.45, 2.75) is 77.4 Å². The number of hydrogen-bond acceptors (Lipinski definition) is 6. The molecular weight excluding hydrogens is 424 g/mol. The monoisotopic (exact) mass is 456 g/mol. The predicted octanol–water partition coefficient (Wildman–Crippen LogP) is 2.58. The lowest BCUT2D eigenvalue weighted by atomic mass is 9.53. The van der Waals surface area contributed by atoms with Gasteiger partial charge in [-0.3, -0.25) is 19.1 Å². The maximum absolute atomic E-state index is 13.4. The van der Waals surface area contributed by atoms with Crippen molar-refractivity contribution in [1.82, 2.24) is 19.7 Å². The van der Waals surface area contributed by atoms with E-state index in [2.05, 4.69) is 10.4 Å². The van der Waals surface area contributed by atoms with Crippen LogP contribution in [0.4, 0.5) is 0 Å². The zero-order valence-corrected chi connectivity index (χ0v) is 19.3. The van der Waals surface area contributed by atoms with Crippen molar-refractivity contribution in [3.63, 3.8) is 0 Å². The quantitative estimate of drug-likeness (QED) is 0.619. The number of carbonyl (C=O) groups excluding carboxylic acids is 2. The number of rotatable bonds is 7. The lowest BCUT2D eigenvalue weighted by Crippen LogP contribution is -2.60. The largest absolute Gasteiger partial charge is 0.505 e. The van der Waals surface area contributed by atoms with Crippen LogP contribution in [0, 0.1) is 17.8 Å². The number of nitrogens with zero attached hydrogens (tertiary/aromatic N) is 3. The summed E-state index contributed by atoms with van der Waals surface area (Å²) in [6.45, 7) is 4.09. The third kappa shape index (κ3) is 3.91. The molecule has 0 aliphatic heterocycles. The minimum absolute atomic E-state index is 0.126. The molecule has 0 radical (unpaired) electrons. The molecule has 9 nitrogen and oxygen atoms in total. The molecule has 178 valence electrons. The van der Waals surface area contributed by atoms with Gasteiger partial charge in [-0.25, -0.2) is 0 Å². The Labute approximate surface area is 192 Å². The standard InChI is InChI=1S/C24H32N4O5/c1-3-4-28-18-13-27(5-6-33-14(2)29)26-20(18)21(30)19(23(28)32)22(31)25-24-10-15-7-16(11-24)9-17(8-15)12-24/h13,15-17,30H,3-12H2,1-2H3,(H,25,31). The van der Waals surface area contributed by atoms with Gasteiger partial charge in [0.2, 0.25) is 0 Å². The number of esters is 1. The number of pyridine rings is 1. The number of fused-ring (bicyclic) bond motifs is 1. The Hall–Kier alpha value is -2.84. The summed E-state index contributed by atoms with van der Waals surface area (Å²) in [5.74, 6) is 0.685. The highest BCUT2D eigenvalue weighted by atomic mass is 16.5. The number of aromatic hydroxyl groups is 1. The van der Waals surface area contributed by atoms with E-state index in [1.54, 1.807) is 6.20 Å².